The Morgan fingerprint density at radius 2 is 1.55 bits per heavy atom. The largest absolute Gasteiger partial charge is 0.395 e. The minimum absolute atomic E-state index is 0.916. The van der Waals surface area contributed by atoms with Gasteiger partial charge in [0.05, 0.1) is 7.05 Å². The van der Waals surface area contributed by atoms with E-state index in [0.717, 1.165) is 21.3 Å². The Labute approximate surface area is 124 Å². The zero-order valence-electron chi connectivity index (χ0n) is 11.0. The van der Waals surface area contributed by atoms with Gasteiger partial charge in [-0.05, 0) is 34.6 Å². The summed E-state index contributed by atoms with van der Waals surface area (Å²) >= 11 is 0. The molecule has 1 heterocycles. The van der Waals surface area contributed by atoms with Gasteiger partial charge in [-0.1, -0.05) is 36.4 Å². The fraction of sp³-hybridized carbons (Fsp3) is 0.0667. The maximum atomic E-state index is 4.63. The molecule has 0 aliphatic carbocycles. The van der Waals surface area contributed by atoms with Gasteiger partial charge in [-0.25, -0.2) is 4.58 Å². The van der Waals surface area contributed by atoms with Crippen molar-refractivity contribution in [1.82, 2.24) is 9.56 Å². The first-order valence-corrected chi connectivity index (χ1v) is 8.39. The van der Waals surface area contributed by atoms with Gasteiger partial charge in [0.1, 0.15) is 5.69 Å². The monoisotopic (exact) mass is 300 g/mol. The van der Waals surface area contributed by atoms with E-state index in [2.05, 4.69) is 27.0 Å². The smallest absolute Gasteiger partial charge is 0.310 e. The molecule has 5 heteroatoms. The molecule has 0 spiro atoms. The number of rotatable bonds is 3. The minimum Gasteiger partial charge on any atom is -0.310 e. The second-order valence-corrected chi connectivity index (χ2v) is 6.34. The average Bonchev–Trinajstić information content (AvgIpc) is 2.97. The maximum absolute atomic E-state index is 4.63. The molecule has 0 amide bonds. The number of aromatic nitrogens is 1. The molecular formula is C15H14N3S2+. The Bertz CT molecular complexity index is 745. The van der Waals surface area contributed by atoms with Gasteiger partial charge >= 0.3 is 9.93 Å². The Kier molecular flexibility index (Phi) is 3.90. The van der Waals surface area contributed by atoms with Crippen LogP contribution in [0, 0.1) is 0 Å². The van der Waals surface area contributed by atoms with E-state index in [-0.39, 0.29) is 0 Å². The summed E-state index contributed by atoms with van der Waals surface area (Å²) in [5.41, 5.74) is 2.20. The zero-order chi connectivity index (χ0) is 13.8. The third-order valence-corrected chi connectivity index (χ3v) is 4.97. The van der Waals surface area contributed by atoms with Gasteiger partial charge in [0.15, 0.2) is 0 Å². The normalized spacial score (nSPS) is 12.1. The summed E-state index contributed by atoms with van der Waals surface area (Å²) in [4.78, 5) is 5.62. The minimum atomic E-state index is 0.916. The first kappa shape index (κ1) is 13.0. The van der Waals surface area contributed by atoms with Crippen LogP contribution in [0.3, 0.4) is 0 Å². The first-order chi connectivity index (χ1) is 9.83. The standard InChI is InChI=1S/C15H13N3S2/c1-18(13-10-6-3-7-11-13)15-17-14(19-20-15)16-12-8-4-2-5-9-12/h2-11H,1H3/p+1. The van der Waals surface area contributed by atoms with E-state index < -0.39 is 0 Å². The molecule has 2 aromatic carbocycles. The number of nitrogens with zero attached hydrogens (tertiary/aromatic N) is 2. The number of anilines is 2. The summed E-state index contributed by atoms with van der Waals surface area (Å²) in [6.45, 7) is 0. The lowest BCUT2D eigenvalue weighted by Gasteiger charge is -1.97. The summed E-state index contributed by atoms with van der Waals surface area (Å²) < 4.78 is 2.09. The molecule has 0 saturated carbocycles. The number of hydrogen-bond acceptors (Lipinski definition) is 4. The molecule has 0 aliphatic heterocycles. The van der Waals surface area contributed by atoms with Crippen LogP contribution < -0.4 is 14.7 Å². The molecule has 0 saturated heterocycles. The Balaban J connectivity index is 1.90. The maximum Gasteiger partial charge on any atom is 0.395 e. The summed E-state index contributed by atoms with van der Waals surface area (Å²) in [5.74, 6) is 0. The van der Waals surface area contributed by atoms with E-state index in [1.807, 2.05) is 55.6 Å². The average molecular weight is 300 g/mol. The van der Waals surface area contributed by atoms with Gasteiger partial charge in [0, 0.05) is 21.0 Å². The van der Waals surface area contributed by atoms with E-state index in [1.54, 1.807) is 20.7 Å². The second-order valence-electron chi connectivity index (χ2n) is 4.25. The lowest BCUT2D eigenvalue weighted by molar-refractivity contribution is 0.880. The fourth-order valence-corrected chi connectivity index (χ4v) is 3.77. The number of para-hydroxylation sites is 2. The van der Waals surface area contributed by atoms with Crippen LogP contribution in [0.5, 0.6) is 0 Å². The van der Waals surface area contributed by atoms with E-state index >= 15 is 0 Å². The quantitative estimate of drug-likeness (QED) is 0.590. The Morgan fingerprint density at radius 1 is 0.900 bits per heavy atom. The third kappa shape index (κ3) is 2.95. The molecule has 0 aliphatic rings. The SMILES string of the molecule is C[N+](c1ccccc1)=c1nc(Nc2ccccc2)ss1. The highest BCUT2D eigenvalue weighted by Crippen LogP contribution is 2.19. The van der Waals surface area contributed by atoms with Crippen LogP contribution in [-0.2, 0) is 0 Å². The molecule has 0 unspecified atom stereocenters. The van der Waals surface area contributed by atoms with Crippen molar-refractivity contribution >= 4 is 37.2 Å². The summed E-state index contributed by atoms with van der Waals surface area (Å²) in [5, 5.41) is 4.24. The van der Waals surface area contributed by atoms with Gasteiger partial charge in [0.2, 0.25) is 0 Å². The topological polar surface area (TPSA) is 27.9 Å². The number of benzene rings is 2. The summed E-state index contributed by atoms with van der Waals surface area (Å²) in [6.07, 6.45) is 0. The Morgan fingerprint density at radius 3 is 2.25 bits per heavy atom. The molecule has 1 aromatic heterocycles. The molecule has 0 radical (unpaired) electrons. The molecule has 20 heavy (non-hydrogen) atoms. The molecule has 0 bridgehead atoms. The summed E-state index contributed by atoms with van der Waals surface area (Å²) in [6, 6.07) is 20.3. The van der Waals surface area contributed by atoms with Crippen molar-refractivity contribution in [1.29, 1.82) is 0 Å². The molecule has 3 nitrogen and oxygen atoms in total. The predicted molar refractivity (Wildman–Crippen MR) is 87.0 cm³/mol. The predicted octanol–water partition coefficient (Wildman–Crippen LogP) is 3.68. The molecule has 0 fully saturated rings. The van der Waals surface area contributed by atoms with Crippen molar-refractivity contribution in [2.75, 3.05) is 12.4 Å². The second kappa shape index (κ2) is 5.98. The van der Waals surface area contributed by atoms with Crippen molar-refractivity contribution in [3.8, 4) is 0 Å². The zero-order valence-corrected chi connectivity index (χ0v) is 12.6. The van der Waals surface area contributed by atoms with Crippen molar-refractivity contribution in [3.05, 3.63) is 65.5 Å². The van der Waals surface area contributed by atoms with Crippen LogP contribution in [0.4, 0.5) is 16.5 Å². The molecule has 3 rings (SSSR count). The van der Waals surface area contributed by atoms with Gasteiger partial charge in [-0.3, -0.25) is 0 Å². The lowest BCUT2D eigenvalue weighted by Crippen LogP contribution is -2.20. The molecule has 100 valence electrons. The highest BCUT2D eigenvalue weighted by molar-refractivity contribution is 7.69. The highest BCUT2D eigenvalue weighted by Gasteiger charge is 2.10. The lowest BCUT2D eigenvalue weighted by atomic mass is 10.3. The van der Waals surface area contributed by atoms with Crippen LogP contribution >= 0.6 is 20.7 Å². The van der Waals surface area contributed by atoms with Crippen molar-refractivity contribution < 1.29 is 0 Å². The fourth-order valence-electron chi connectivity index (χ4n) is 1.79. The van der Waals surface area contributed by atoms with Gasteiger partial charge in [0.25, 0.3) is 0 Å². The molecule has 3 aromatic rings. The van der Waals surface area contributed by atoms with Crippen LogP contribution in [0.15, 0.2) is 60.7 Å². The third-order valence-electron chi connectivity index (χ3n) is 2.85. The molecular weight excluding hydrogens is 286 g/mol. The van der Waals surface area contributed by atoms with Gasteiger partial charge < -0.3 is 5.32 Å². The first-order valence-electron chi connectivity index (χ1n) is 6.24. The van der Waals surface area contributed by atoms with Crippen molar-refractivity contribution in [2.45, 2.75) is 0 Å². The number of nitrogens with one attached hydrogen (secondary N) is 1. The van der Waals surface area contributed by atoms with Crippen LogP contribution in [0.2, 0.25) is 0 Å². The van der Waals surface area contributed by atoms with E-state index in [4.69, 9.17) is 0 Å². The Hall–Kier alpha value is -1.98. The van der Waals surface area contributed by atoms with Crippen LogP contribution in [0.1, 0.15) is 0 Å². The van der Waals surface area contributed by atoms with Crippen molar-refractivity contribution in [3.63, 3.8) is 0 Å². The van der Waals surface area contributed by atoms with E-state index in [9.17, 15) is 0 Å². The molecule has 1 N–H and O–H groups in total. The number of hydrogen-bond donors (Lipinski definition) is 1. The van der Waals surface area contributed by atoms with Crippen LogP contribution in [-0.4, -0.2) is 12.0 Å². The van der Waals surface area contributed by atoms with E-state index in [0.29, 0.717) is 0 Å². The highest BCUT2D eigenvalue weighted by atomic mass is 32.9. The van der Waals surface area contributed by atoms with Crippen molar-refractivity contribution in [2.24, 2.45) is 0 Å². The van der Waals surface area contributed by atoms with Gasteiger partial charge in [-0.15, -0.1) is 0 Å². The van der Waals surface area contributed by atoms with Gasteiger partial charge in [-0.2, -0.15) is 0 Å². The summed E-state index contributed by atoms with van der Waals surface area (Å²) in [7, 11) is 5.35. The molecule has 0 atom stereocenters. The van der Waals surface area contributed by atoms with Crippen LogP contribution in [0.25, 0.3) is 0 Å². The van der Waals surface area contributed by atoms with E-state index in [1.165, 1.54) is 0 Å².